The lowest BCUT2D eigenvalue weighted by atomic mass is 10.1. The van der Waals surface area contributed by atoms with Gasteiger partial charge in [-0.25, -0.2) is 0 Å². The third-order valence-corrected chi connectivity index (χ3v) is 2.29. The second kappa shape index (κ2) is 6.68. The third kappa shape index (κ3) is 4.68. The van der Waals surface area contributed by atoms with Crippen LogP contribution in [0, 0.1) is 6.92 Å². The van der Waals surface area contributed by atoms with Crippen molar-refractivity contribution >= 4 is 11.8 Å². The molecular weight excluding hydrogens is 216 g/mol. The van der Waals surface area contributed by atoms with Crippen molar-refractivity contribution in [2.24, 2.45) is 0 Å². The van der Waals surface area contributed by atoms with E-state index >= 15 is 0 Å². The fourth-order valence-corrected chi connectivity index (χ4v) is 1.46. The summed E-state index contributed by atoms with van der Waals surface area (Å²) >= 11 is 0. The molecule has 0 aliphatic carbocycles. The fraction of sp³-hybridized carbons (Fsp3) is 0.385. The first-order valence-corrected chi connectivity index (χ1v) is 5.75. The normalized spacial score (nSPS) is 9.76. The maximum atomic E-state index is 11.7. The number of hydrogen-bond donors (Lipinski definition) is 2. The van der Waals surface area contributed by atoms with E-state index < -0.39 is 0 Å². The van der Waals surface area contributed by atoms with Gasteiger partial charge in [-0.2, -0.15) is 0 Å². The molecule has 92 valence electrons. The minimum absolute atomic E-state index is 0.0444. The van der Waals surface area contributed by atoms with Crippen LogP contribution in [0.5, 0.6) is 0 Å². The quantitative estimate of drug-likeness (QED) is 0.805. The lowest BCUT2D eigenvalue weighted by Crippen LogP contribution is -2.30. The van der Waals surface area contributed by atoms with Crippen LogP contribution in [0.3, 0.4) is 0 Å². The average Bonchev–Trinajstić information content (AvgIpc) is 2.29. The topological polar surface area (TPSA) is 58.2 Å². The highest BCUT2D eigenvalue weighted by molar-refractivity contribution is 5.94. The Labute approximate surface area is 101 Å². The second-order valence-electron chi connectivity index (χ2n) is 3.83. The van der Waals surface area contributed by atoms with Crippen molar-refractivity contribution in [3.8, 4) is 0 Å². The van der Waals surface area contributed by atoms with Crippen LogP contribution in [0.1, 0.15) is 29.3 Å². The predicted molar refractivity (Wildman–Crippen MR) is 66.8 cm³/mol. The molecule has 0 aliphatic heterocycles. The molecule has 0 aliphatic rings. The monoisotopic (exact) mass is 234 g/mol. The average molecular weight is 234 g/mol. The van der Waals surface area contributed by atoms with Crippen molar-refractivity contribution < 1.29 is 9.59 Å². The Bertz CT molecular complexity index is 402. The van der Waals surface area contributed by atoms with Gasteiger partial charge in [0, 0.05) is 25.1 Å². The van der Waals surface area contributed by atoms with Gasteiger partial charge in [-0.15, -0.1) is 0 Å². The summed E-state index contributed by atoms with van der Waals surface area (Å²) < 4.78 is 0. The van der Waals surface area contributed by atoms with Crippen LogP contribution < -0.4 is 10.6 Å². The zero-order valence-corrected chi connectivity index (χ0v) is 10.2. The molecule has 2 N–H and O–H groups in total. The number of aryl methyl sites for hydroxylation is 1. The summed E-state index contributed by atoms with van der Waals surface area (Å²) in [5, 5.41) is 5.39. The molecule has 2 amide bonds. The molecule has 0 fully saturated rings. The number of carbonyl (C=O) groups is 2. The van der Waals surface area contributed by atoms with Crippen LogP contribution in [0.4, 0.5) is 0 Å². The molecule has 0 heterocycles. The van der Waals surface area contributed by atoms with Gasteiger partial charge in [0.2, 0.25) is 5.91 Å². The standard InChI is InChI=1S/C13H18N2O2/c1-3-14-12(16)7-8-15-13(17)11-6-4-5-10(2)9-11/h4-6,9H,3,7-8H2,1-2H3,(H,14,16)(H,15,17). The molecular formula is C13H18N2O2. The summed E-state index contributed by atoms with van der Waals surface area (Å²) in [4.78, 5) is 22.8. The number of rotatable bonds is 5. The maximum absolute atomic E-state index is 11.7. The lowest BCUT2D eigenvalue weighted by Gasteiger charge is -2.05. The van der Waals surface area contributed by atoms with E-state index in [1.807, 2.05) is 32.0 Å². The van der Waals surface area contributed by atoms with Crippen LogP contribution in [0.25, 0.3) is 0 Å². The molecule has 1 aromatic rings. The van der Waals surface area contributed by atoms with Gasteiger partial charge in [0.25, 0.3) is 5.91 Å². The minimum atomic E-state index is -0.141. The Hall–Kier alpha value is -1.84. The molecule has 0 unspecified atom stereocenters. The molecule has 0 bridgehead atoms. The summed E-state index contributed by atoms with van der Waals surface area (Å²) in [6, 6.07) is 7.36. The number of benzene rings is 1. The summed E-state index contributed by atoms with van der Waals surface area (Å²) in [7, 11) is 0. The smallest absolute Gasteiger partial charge is 0.251 e. The lowest BCUT2D eigenvalue weighted by molar-refractivity contribution is -0.120. The van der Waals surface area contributed by atoms with Crippen molar-refractivity contribution in [3.63, 3.8) is 0 Å². The molecule has 0 saturated carbocycles. The molecule has 0 saturated heterocycles. The van der Waals surface area contributed by atoms with Gasteiger partial charge in [0.1, 0.15) is 0 Å². The number of nitrogens with one attached hydrogen (secondary N) is 2. The molecule has 4 heteroatoms. The van der Waals surface area contributed by atoms with Crippen molar-refractivity contribution in [1.82, 2.24) is 10.6 Å². The van der Waals surface area contributed by atoms with Crippen LogP contribution in [-0.4, -0.2) is 24.9 Å². The van der Waals surface area contributed by atoms with Gasteiger partial charge in [-0.1, -0.05) is 17.7 Å². The van der Waals surface area contributed by atoms with E-state index in [1.54, 1.807) is 6.07 Å². The first kappa shape index (κ1) is 13.2. The molecule has 0 aromatic heterocycles. The minimum Gasteiger partial charge on any atom is -0.356 e. The summed E-state index contributed by atoms with van der Waals surface area (Å²) in [5.41, 5.74) is 1.67. The van der Waals surface area contributed by atoms with Gasteiger partial charge < -0.3 is 10.6 Å². The van der Waals surface area contributed by atoms with E-state index in [0.717, 1.165) is 5.56 Å². The first-order chi connectivity index (χ1) is 8.13. The second-order valence-corrected chi connectivity index (χ2v) is 3.83. The van der Waals surface area contributed by atoms with Gasteiger partial charge in [-0.3, -0.25) is 9.59 Å². The van der Waals surface area contributed by atoms with Crippen LogP contribution in [0.2, 0.25) is 0 Å². The Morgan fingerprint density at radius 1 is 1.24 bits per heavy atom. The van der Waals surface area contributed by atoms with Gasteiger partial charge in [0.15, 0.2) is 0 Å². The molecule has 1 aromatic carbocycles. The summed E-state index contributed by atoms with van der Waals surface area (Å²) in [6.07, 6.45) is 0.311. The number of amides is 2. The van der Waals surface area contributed by atoms with Crippen LogP contribution >= 0.6 is 0 Å². The molecule has 0 atom stereocenters. The van der Waals surface area contributed by atoms with Crippen molar-refractivity contribution in [2.45, 2.75) is 20.3 Å². The highest BCUT2D eigenvalue weighted by Crippen LogP contribution is 2.03. The summed E-state index contributed by atoms with van der Waals surface area (Å²) in [5.74, 6) is -0.185. The molecule has 0 spiro atoms. The van der Waals surface area contributed by atoms with E-state index in [2.05, 4.69) is 10.6 Å². The Balaban J connectivity index is 2.38. The molecule has 1 rings (SSSR count). The predicted octanol–water partition coefficient (Wildman–Crippen LogP) is 1.25. The first-order valence-electron chi connectivity index (χ1n) is 5.75. The highest BCUT2D eigenvalue weighted by atomic mass is 16.2. The van der Waals surface area contributed by atoms with Gasteiger partial charge >= 0.3 is 0 Å². The molecule has 4 nitrogen and oxygen atoms in total. The SMILES string of the molecule is CCNC(=O)CCNC(=O)c1cccc(C)c1. The maximum Gasteiger partial charge on any atom is 0.251 e. The molecule has 0 radical (unpaired) electrons. The van der Waals surface area contributed by atoms with Crippen LogP contribution in [0.15, 0.2) is 24.3 Å². The van der Waals surface area contributed by atoms with Gasteiger partial charge in [-0.05, 0) is 26.0 Å². The van der Waals surface area contributed by atoms with Crippen molar-refractivity contribution in [1.29, 1.82) is 0 Å². The third-order valence-electron chi connectivity index (χ3n) is 2.29. The largest absolute Gasteiger partial charge is 0.356 e. The summed E-state index contributed by atoms with van der Waals surface area (Å²) in [6.45, 7) is 4.78. The zero-order valence-electron chi connectivity index (χ0n) is 10.2. The van der Waals surface area contributed by atoms with Crippen LogP contribution in [-0.2, 0) is 4.79 Å². The van der Waals surface area contributed by atoms with Crippen molar-refractivity contribution in [2.75, 3.05) is 13.1 Å². The Morgan fingerprint density at radius 2 is 2.00 bits per heavy atom. The Morgan fingerprint density at radius 3 is 2.65 bits per heavy atom. The molecule has 17 heavy (non-hydrogen) atoms. The van der Waals surface area contributed by atoms with E-state index in [-0.39, 0.29) is 11.8 Å². The Kier molecular flexibility index (Phi) is 5.20. The van der Waals surface area contributed by atoms with Gasteiger partial charge in [0.05, 0.1) is 0 Å². The van der Waals surface area contributed by atoms with Crippen molar-refractivity contribution in [3.05, 3.63) is 35.4 Å². The highest BCUT2D eigenvalue weighted by Gasteiger charge is 2.05. The number of carbonyl (C=O) groups excluding carboxylic acids is 2. The zero-order chi connectivity index (χ0) is 12.7. The van der Waals surface area contributed by atoms with E-state index in [0.29, 0.717) is 25.1 Å². The number of hydrogen-bond acceptors (Lipinski definition) is 2. The van der Waals surface area contributed by atoms with E-state index in [4.69, 9.17) is 0 Å². The fourth-order valence-electron chi connectivity index (χ4n) is 1.46. The van der Waals surface area contributed by atoms with E-state index in [9.17, 15) is 9.59 Å². The van der Waals surface area contributed by atoms with E-state index in [1.165, 1.54) is 0 Å².